The van der Waals surface area contributed by atoms with Crippen LogP contribution in [0.2, 0.25) is 0 Å². The number of carbonyl (C=O) groups is 1. The molecule has 0 atom stereocenters. The molecule has 2 N–H and O–H groups in total. The molecule has 31 heavy (non-hydrogen) atoms. The van der Waals surface area contributed by atoms with Crippen LogP contribution in [0.3, 0.4) is 0 Å². The lowest BCUT2D eigenvalue weighted by atomic mass is 10.1. The number of ether oxygens (including phenoxy) is 2. The average molecular weight is 424 g/mol. The molecule has 0 bridgehead atoms. The minimum Gasteiger partial charge on any atom is -0.493 e. The standard InChI is InChI=1S/C22H24N4O5/c1-4-26-19-18(21(28)25-22(26)29)14(10-15(24-19)13-6-7-13)20(27)23-11-12-5-8-16(30-2)17(9-12)31-3/h5,8-10,13H,4,6-7,11H2,1-3H3,(H,23,27)(H,25,28,29). The quantitative estimate of drug-likeness (QED) is 0.599. The number of aryl methyl sites for hydroxylation is 1. The molecule has 0 unspecified atom stereocenters. The average Bonchev–Trinajstić information content (AvgIpc) is 3.62. The molecule has 1 aliphatic rings. The highest BCUT2D eigenvalue weighted by Gasteiger charge is 2.28. The fraction of sp³-hybridized carbons (Fsp3) is 0.364. The Kier molecular flexibility index (Phi) is 5.50. The van der Waals surface area contributed by atoms with Gasteiger partial charge in [-0.1, -0.05) is 6.07 Å². The lowest BCUT2D eigenvalue weighted by molar-refractivity contribution is 0.0952. The van der Waals surface area contributed by atoms with Crippen molar-refractivity contribution in [1.29, 1.82) is 0 Å². The number of aromatic amines is 1. The Hall–Kier alpha value is -3.62. The normalized spacial score (nSPS) is 13.3. The number of hydrogen-bond donors (Lipinski definition) is 2. The number of pyridine rings is 1. The molecule has 1 saturated carbocycles. The van der Waals surface area contributed by atoms with Crippen molar-refractivity contribution in [2.24, 2.45) is 0 Å². The molecule has 1 fully saturated rings. The highest BCUT2D eigenvalue weighted by Crippen LogP contribution is 2.39. The number of benzene rings is 1. The van der Waals surface area contributed by atoms with E-state index in [1.807, 2.05) is 6.07 Å². The van der Waals surface area contributed by atoms with Crippen LogP contribution in [-0.2, 0) is 13.1 Å². The van der Waals surface area contributed by atoms with Crippen molar-refractivity contribution in [2.45, 2.75) is 38.8 Å². The van der Waals surface area contributed by atoms with Gasteiger partial charge in [0, 0.05) is 24.7 Å². The Morgan fingerprint density at radius 3 is 2.58 bits per heavy atom. The Morgan fingerprint density at radius 2 is 1.94 bits per heavy atom. The smallest absolute Gasteiger partial charge is 0.329 e. The number of H-pyrrole nitrogens is 1. The predicted octanol–water partition coefficient (Wildman–Crippen LogP) is 1.93. The number of nitrogens with one attached hydrogen (secondary N) is 2. The predicted molar refractivity (Wildman–Crippen MR) is 115 cm³/mol. The summed E-state index contributed by atoms with van der Waals surface area (Å²) in [7, 11) is 3.10. The highest BCUT2D eigenvalue weighted by atomic mass is 16.5. The largest absolute Gasteiger partial charge is 0.493 e. The van der Waals surface area contributed by atoms with Crippen LogP contribution >= 0.6 is 0 Å². The molecule has 2 heterocycles. The van der Waals surface area contributed by atoms with Crippen molar-refractivity contribution < 1.29 is 14.3 Å². The van der Waals surface area contributed by atoms with Gasteiger partial charge in [-0.15, -0.1) is 0 Å². The maximum atomic E-state index is 13.1. The Morgan fingerprint density at radius 1 is 1.19 bits per heavy atom. The summed E-state index contributed by atoms with van der Waals surface area (Å²) in [6.07, 6.45) is 1.95. The zero-order chi connectivity index (χ0) is 22.1. The molecule has 0 spiro atoms. The van der Waals surface area contributed by atoms with Crippen LogP contribution in [0.25, 0.3) is 11.0 Å². The molecular formula is C22H24N4O5. The second-order valence-electron chi connectivity index (χ2n) is 7.44. The monoisotopic (exact) mass is 424 g/mol. The van der Waals surface area contributed by atoms with E-state index in [0.717, 1.165) is 24.1 Å². The number of rotatable bonds is 7. The third-order valence-electron chi connectivity index (χ3n) is 5.43. The number of hydrogen-bond acceptors (Lipinski definition) is 6. The maximum absolute atomic E-state index is 13.1. The molecule has 1 amide bonds. The van der Waals surface area contributed by atoms with Crippen molar-refractivity contribution in [3.8, 4) is 11.5 Å². The van der Waals surface area contributed by atoms with E-state index >= 15 is 0 Å². The van der Waals surface area contributed by atoms with E-state index in [-0.39, 0.29) is 29.1 Å². The molecule has 3 aromatic rings. The third kappa shape index (κ3) is 3.90. The Labute approximate surface area is 178 Å². The van der Waals surface area contributed by atoms with Crippen molar-refractivity contribution in [3.05, 3.63) is 61.9 Å². The summed E-state index contributed by atoms with van der Waals surface area (Å²) in [4.78, 5) is 44.8. The molecule has 1 aromatic carbocycles. The van der Waals surface area contributed by atoms with E-state index in [1.54, 1.807) is 39.3 Å². The van der Waals surface area contributed by atoms with Gasteiger partial charge in [0.25, 0.3) is 11.5 Å². The summed E-state index contributed by atoms with van der Waals surface area (Å²) in [5.74, 6) is 0.997. The molecular weight excluding hydrogens is 400 g/mol. The van der Waals surface area contributed by atoms with E-state index in [1.165, 1.54) is 4.57 Å². The number of carbonyl (C=O) groups excluding carboxylic acids is 1. The zero-order valence-corrected chi connectivity index (χ0v) is 17.7. The van der Waals surface area contributed by atoms with Gasteiger partial charge in [-0.25, -0.2) is 9.78 Å². The first-order chi connectivity index (χ1) is 15.0. The summed E-state index contributed by atoms with van der Waals surface area (Å²) in [5.41, 5.74) is 0.864. The van der Waals surface area contributed by atoms with Crippen LogP contribution in [0, 0.1) is 0 Å². The number of amides is 1. The zero-order valence-electron chi connectivity index (χ0n) is 17.7. The lowest BCUT2D eigenvalue weighted by Gasteiger charge is -2.13. The van der Waals surface area contributed by atoms with Crippen molar-refractivity contribution in [3.63, 3.8) is 0 Å². The summed E-state index contributed by atoms with van der Waals surface area (Å²) >= 11 is 0. The van der Waals surface area contributed by atoms with Gasteiger partial charge in [0.1, 0.15) is 0 Å². The molecule has 0 saturated heterocycles. The molecule has 0 radical (unpaired) electrons. The fourth-order valence-electron chi connectivity index (χ4n) is 3.62. The second kappa shape index (κ2) is 8.25. The molecule has 9 nitrogen and oxygen atoms in total. The Bertz CT molecular complexity index is 1270. The summed E-state index contributed by atoms with van der Waals surface area (Å²) < 4.78 is 11.9. The van der Waals surface area contributed by atoms with Crippen LogP contribution in [0.4, 0.5) is 0 Å². The van der Waals surface area contributed by atoms with Crippen molar-refractivity contribution in [2.75, 3.05) is 14.2 Å². The van der Waals surface area contributed by atoms with Crippen LogP contribution in [0.1, 0.15) is 47.3 Å². The third-order valence-corrected chi connectivity index (χ3v) is 5.43. The molecule has 4 rings (SSSR count). The maximum Gasteiger partial charge on any atom is 0.329 e. The van der Waals surface area contributed by atoms with E-state index in [2.05, 4.69) is 15.3 Å². The van der Waals surface area contributed by atoms with Gasteiger partial charge in [0.05, 0.1) is 25.2 Å². The minimum atomic E-state index is -0.615. The number of aromatic nitrogens is 3. The topological polar surface area (TPSA) is 115 Å². The van der Waals surface area contributed by atoms with E-state index in [0.29, 0.717) is 18.0 Å². The van der Waals surface area contributed by atoms with Gasteiger partial charge in [-0.2, -0.15) is 0 Å². The van der Waals surface area contributed by atoms with E-state index in [9.17, 15) is 14.4 Å². The number of methoxy groups -OCH3 is 2. The summed E-state index contributed by atoms with van der Waals surface area (Å²) in [6.45, 7) is 2.36. The van der Waals surface area contributed by atoms with Gasteiger partial charge in [0.15, 0.2) is 17.1 Å². The molecule has 1 aliphatic carbocycles. The van der Waals surface area contributed by atoms with E-state index in [4.69, 9.17) is 9.47 Å². The molecule has 0 aliphatic heterocycles. The first-order valence-corrected chi connectivity index (χ1v) is 10.1. The van der Waals surface area contributed by atoms with Crippen LogP contribution in [-0.4, -0.2) is 34.7 Å². The summed E-state index contributed by atoms with van der Waals surface area (Å²) in [6, 6.07) is 7.03. The van der Waals surface area contributed by atoms with Crippen LogP contribution in [0.15, 0.2) is 33.9 Å². The first-order valence-electron chi connectivity index (χ1n) is 10.1. The summed E-state index contributed by atoms with van der Waals surface area (Å²) in [5, 5.41) is 2.98. The minimum absolute atomic E-state index is 0.121. The number of fused-ring (bicyclic) bond motifs is 1. The van der Waals surface area contributed by atoms with Crippen LogP contribution < -0.4 is 26.0 Å². The van der Waals surface area contributed by atoms with Gasteiger partial charge >= 0.3 is 5.69 Å². The lowest BCUT2D eigenvalue weighted by Crippen LogP contribution is -2.33. The van der Waals surface area contributed by atoms with Gasteiger partial charge in [0.2, 0.25) is 0 Å². The fourth-order valence-corrected chi connectivity index (χ4v) is 3.62. The molecule has 2 aromatic heterocycles. The van der Waals surface area contributed by atoms with Crippen molar-refractivity contribution in [1.82, 2.24) is 19.9 Å². The molecule has 162 valence electrons. The SMILES string of the molecule is CCn1c(=O)[nH]c(=O)c2c(C(=O)NCc3ccc(OC)c(OC)c3)cc(C3CC3)nc21. The van der Waals surface area contributed by atoms with Gasteiger partial charge in [-0.3, -0.25) is 19.1 Å². The molecule has 9 heteroatoms. The Balaban J connectivity index is 1.72. The first kappa shape index (κ1) is 20.6. The van der Waals surface area contributed by atoms with Gasteiger partial charge in [-0.05, 0) is 43.5 Å². The highest BCUT2D eigenvalue weighted by molar-refractivity contribution is 6.05. The van der Waals surface area contributed by atoms with Gasteiger partial charge < -0.3 is 14.8 Å². The van der Waals surface area contributed by atoms with Crippen LogP contribution in [0.5, 0.6) is 11.5 Å². The van der Waals surface area contributed by atoms with Crippen molar-refractivity contribution >= 4 is 16.9 Å². The number of nitrogens with zero attached hydrogens (tertiary/aromatic N) is 2. The van der Waals surface area contributed by atoms with E-state index < -0.39 is 17.2 Å². The second-order valence-corrected chi connectivity index (χ2v) is 7.44.